The maximum atomic E-state index is 12.6. The lowest BCUT2D eigenvalue weighted by Crippen LogP contribution is -2.38. The average molecular weight is 370 g/mol. The number of aromatic nitrogens is 2. The van der Waals surface area contributed by atoms with Gasteiger partial charge < -0.3 is 10.1 Å². The van der Waals surface area contributed by atoms with E-state index in [4.69, 9.17) is 4.74 Å². The van der Waals surface area contributed by atoms with Gasteiger partial charge in [0, 0.05) is 44.1 Å². The first-order valence-corrected chi connectivity index (χ1v) is 9.40. The van der Waals surface area contributed by atoms with Gasteiger partial charge in [0.25, 0.3) is 0 Å². The second-order valence-corrected chi connectivity index (χ2v) is 6.58. The van der Waals surface area contributed by atoms with Crippen molar-refractivity contribution in [2.45, 2.75) is 46.2 Å². The lowest BCUT2D eigenvalue weighted by Gasteiger charge is -2.27. The van der Waals surface area contributed by atoms with Crippen molar-refractivity contribution < 1.29 is 14.3 Å². The molecule has 3 rings (SSSR count). The van der Waals surface area contributed by atoms with Crippen LogP contribution >= 0.6 is 0 Å². The largest absolute Gasteiger partial charge is 0.494 e. The third kappa shape index (κ3) is 4.67. The minimum atomic E-state index is -0.142. The number of hydrogen-bond acceptors (Lipinski definition) is 4. The lowest BCUT2D eigenvalue weighted by molar-refractivity contribution is -0.125. The Bertz CT molecular complexity index is 815. The SMILES string of the molecule is CCOc1ccccc1CNC(=O)CCC(=O)N1CCCn2nc(C)cc21. The van der Waals surface area contributed by atoms with Crippen molar-refractivity contribution >= 4 is 17.6 Å². The Morgan fingerprint density at radius 2 is 2.04 bits per heavy atom. The summed E-state index contributed by atoms with van der Waals surface area (Å²) in [6.45, 7) is 6.31. The van der Waals surface area contributed by atoms with Crippen LogP contribution in [-0.2, 0) is 22.7 Å². The predicted octanol–water partition coefficient (Wildman–Crippen LogP) is 2.42. The molecule has 1 aromatic carbocycles. The second-order valence-electron chi connectivity index (χ2n) is 6.58. The van der Waals surface area contributed by atoms with Crippen molar-refractivity contribution in [2.24, 2.45) is 0 Å². The molecule has 27 heavy (non-hydrogen) atoms. The number of ether oxygens (including phenoxy) is 1. The van der Waals surface area contributed by atoms with Crippen LogP contribution in [0.15, 0.2) is 30.3 Å². The van der Waals surface area contributed by atoms with Crippen LogP contribution in [-0.4, -0.2) is 34.7 Å². The zero-order valence-corrected chi connectivity index (χ0v) is 15.9. The van der Waals surface area contributed by atoms with E-state index in [-0.39, 0.29) is 24.7 Å². The van der Waals surface area contributed by atoms with Gasteiger partial charge in [-0.3, -0.25) is 14.5 Å². The van der Waals surface area contributed by atoms with Crippen molar-refractivity contribution in [1.29, 1.82) is 0 Å². The maximum Gasteiger partial charge on any atom is 0.228 e. The van der Waals surface area contributed by atoms with Crippen molar-refractivity contribution in [3.8, 4) is 5.75 Å². The highest BCUT2D eigenvalue weighted by Crippen LogP contribution is 2.22. The van der Waals surface area contributed by atoms with Crippen LogP contribution in [0.25, 0.3) is 0 Å². The van der Waals surface area contributed by atoms with Gasteiger partial charge in [0.15, 0.2) is 0 Å². The highest BCUT2D eigenvalue weighted by molar-refractivity contribution is 5.95. The summed E-state index contributed by atoms with van der Waals surface area (Å²) >= 11 is 0. The number of rotatable bonds is 7. The Morgan fingerprint density at radius 3 is 2.85 bits per heavy atom. The van der Waals surface area contributed by atoms with E-state index < -0.39 is 0 Å². The van der Waals surface area contributed by atoms with E-state index in [1.165, 1.54) is 0 Å². The zero-order valence-electron chi connectivity index (χ0n) is 15.9. The number of carbonyl (C=O) groups is 2. The number of fused-ring (bicyclic) bond motifs is 1. The number of nitrogens with one attached hydrogen (secondary N) is 1. The number of anilines is 1. The Hall–Kier alpha value is -2.83. The summed E-state index contributed by atoms with van der Waals surface area (Å²) in [5, 5.41) is 7.27. The molecule has 1 aliphatic rings. The normalized spacial score (nSPS) is 13.2. The number of benzene rings is 1. The number of nitrogens with zero attached hydrogens (tertiary/aromatic N) is 3. The van der Waals surface area contributed by atoms with Crippen LogP contribution in [0.1, 0.15) is 37.4 Å². The summed E-state index contributed by atoms with van der Waals surface area (Å²) < 4.78 is 7.42. The minimum absolute atomic E-state index is 0.0410. The molecule has 2 aromatic rings. The second kappa shape index (κ2) is 8.70. The molecule has 1 aromatic heterocycles. The van der Waals surface area contributed by atoms with Crippen molar-refractivity contribution in [2.75, 3.05) is 18.1 Å². The van der Waals surface area contributed by atoms with Gasteiger partial charge in [-0.2, -0.15) is 5.10 Å². The molecule has 0 atom stereocenters. The number of aryl methyl sites for hydroxylation is 2. The van der Waals surface area contributed by atoms with Crippen LogP contribution in [0.2, 0.25) is 0 Å². The first-order chi connectivity index (χ1) is 13.1. The topological polar surface area (TPSA) is 76.5 Å². The van der Waals surface area contributed by atoms with Gasteiger partial charge in [0.2, 0.25) is 11.8 Å². The summed E-state index contributed by atoms with van der Waals surface area (Å²) in [7, 11) is 0. The van der Waals surface area contributed by atoms with E-state index in [1.54, 1.807) is 4.90 Å². The molecule has 0 spiro atoms. The third-order valence-electron chi connectivity index (χ3n) is 4.52. The number of amides is 2. The summed E-state index contributed by atoms with van der Waals surface area (Å²) in [6.07, 6.45) is 1.22. The average Bonchev–Trinajstić information content (AvgIpc) is 3.05. The summed E-state index contributed by atoms with van der Waals surface area (Å²) in [5.74, 6) is 1.42. The van der Waals surface area contributed by atoms with Gasteiger partial charge >= 0.3 is 0 Å². The molecule has 7 heteroatoms. The van der Waals surface area contributed by atoms with Gasteiger partial charge in [-0.1, -0.05) is 18.2 Å². The summed E-state index contributed by atoms with van der Waals surface area (Å²) in [6, 6.07) is 9.54. The van der Waals surface area contributed by atoms with E-state index in [1.807, 2.05) is 48.9 Å². The highest BCUT2D eigenvalue weighted by Gasteiger charge is 2.24. The van der Waals surface area contributed by atoms with Gasteiger partial charge in [-0.15, -0.1) is 0 Å². The van der Waals surface area contributed by atoms with Crippen molar-refractivity contribution in [3.05, 3.63) is 41.6 Å². The van der Waals surface area contributed by atoms with E-state index >= 15 is 0 Å². The Balaban J connectivity index is 1.50. The highest BCUT2D eigenvalue weighted by atomic mass is 16.5. The van der Waals surface area contributed by atoms with Crippen LogP contribution in [0.4, 0.5) is 5.82 Å². The first kappa shape index (κ1) is 18.9. The molecule has 0 saturated carbocycles. The fourth-order valence-corrected chi connectivity index (χ4v) is 3.24. The fraction of sp³-hybridized carbons (Fsp3) is 0.450. The van der Waals surface area contributed by atoms with Crippen LogP contribution < -0.4 is 15.0 Å². The van der Waals surface area contributed by atoms with E-state index in [0.717, 1.165) is 35.8 Å². The van der Waals surface area contributed by atoms with Gasteiger partial charge in [-0.25, -0.2) is 4.68 Å². The van der Waals surface area contributed by atoms with Gasteiger partial charge in [0.1, 0.15) is 11.6 Å². The molecule has 0 unspecified atom stereocenters. The number of carbonyl (C=O) groups excluding carboxylic acids is 2. The maximum absolute atomic E-state index is 12.6. The molecule has 144 valence electrons. The quantitative estimate of drug-likeness (QED) is 0.812. The molecular weight excluding hydrogens is 344 g/mol. The molecule has 0 radical (unpaired) electrons. The first-order valence-electron chi connectivity index (χ1n) is 9.40. The fourth-order valence-electron chi connectivity index (χ4n) is 3.24. The molecule has 2 heterocycles. The summed E-state index contributed by atoms with van der Waals surface area (Å²) in [5.41, 5.74) is 1.82. The van der Waals surface area contributed by atoms with Crippen molar-refractivity contribution in [1.82, 2.24) is 15.1 Å². The number of para-hydroxylation sites is 1. The number of hydrogen-bond donors (Lipinski definition) is 1. The van der Waals surface area contributed by atoms with E-state index in [2.05, 4.69) is 10.4 Å². The van der Waals surface area contributed by atoms with Crippen LogP contribution in [0.5, 0.6) is 5.75 Å². The predicted molar refractivity (Wildman–Crippen MR) is 103 cm³/mol. The van der Waals surface area contributed by atoms with Crippen LogP contribution in [0.3, 0.4) is 0 Å². The molecule has 2 amide bonds. The third-order valence-corrected chi connectivity index (χ3v) is 4.52. The monoisotopic (exact) mass is 370 g/mol. The zero-order chi connectivity index (χ0) is 19.2. The van der Waals surface area contributed by atoms with E-state index in [9.17, 15) is 9.59 Å². The molecular formula is C20H26N4O3. The molecule has 0 saturated heterocycles. The molecule has 0 bridgehead atoms. The minimum Gasteiger partial charge on any atom is -0.494 e. The standard InChI is InChI=1S/C20H26N4O3/c1-3-27-17-8-5-4-7-16(17)14-21-18(25)9-10-20(26)23-11-6-12-24-19(23)13-15(2)22-24/h4-5,7-8,13H,3,6,9-12,14H2,1-2H3,(H,21,25). The molecule has 7 nitrogen and oxygen atoms in total. The summed E-state index contributed by atoms with van der Waals surface area (Å²) in [4.78, 5) is 26.5. The lowest BCUT2D eigenvalue weighted by atomic mass is 10.2. The molecule has 0 fully saturated rings. The molecule has 1 N–H and O–H groups in total. The van der Waals surface area contributed by atoms with Crippen LogP contribution in [0, 0.1) is 6.92 Å². The van der Waals surface area contributed by atoms with Crippen molar-refractivity contribution in [3.63, 3.8) is 0 Å². The Kier molecular flexibility index (Phi) is 6.11. The molecule has 0 aliphatic carbocycles. The van der Waals surface area contributed by atoms with E-state index in [0.29, 0.717) is 19.7 Å². The molecule has 1 aliphatic heterocycles. The van der Waals surface area contributed by atoms with Gasteiger partial charge in [-0.05, 0) is 26.3 Å². The van der Waals surface area contributed by atoms with Gasteiger partial charge in [0.05, 0.1) is 12.3 Å². The Labute approximate surface area is 159 Å². The smallest absolute Gasteiger partial charge is 0.228 e. The Morgan fingerprint density at radius 1 is 1.22 bits per heavy atom.